The number of methoxy groups -OCH3 is 2. The van der Waals surface area contributed by atoms with E-state index in [1.807, 2.05) is 12.1 Å². The standard InChI is InChI=1S/C16H21NO3/c1-19-12-7-6-11(9-13(12)20-2)16-8-4-3-5-14(16)17-15(18)10-16/h6-7,9,14H,3-5,8,10H2,1-2H3,(H,17,18)/t14-,16-/m0/s1. The fourth-order valence-corrected chi connectivity index (χ4v) is 3.79. The molecule has 0 aromatic heterocycles. The van der Waals surface area contributed by atoms with Crippen LogP contribution in [0.1, 0.15) is 37.7 Å². The Balaban J connectivity index is 2.03. The molecule has 0 unspecified atom stereocenters. The lowest BCUT2D eigenvalue weighted by atomic mass is 9.66. The minimum absolute atomic E-state index is 0.0606. The fourth-order valence-electron chi connectivity index (χ4n) is 3.79. The highest BCUT2D eigenvalue weighted by atomic mass is 16.5. The van der Waals surface area contributed by atoms with Crippen LogP contribution in [0.25, 0.3) is 0 Å². The minimum Gasteiger partial charge on any atom is -0.493 e. The Morgan fingerprint density at radius 3 is 2.75 bits per heavy atom. The van der Waals surface area contributed by atoms with Gasteiger partial charge in [-0.1, -0.05) is 18.9 Å². The van der Waals surface area contributed by atoms with E-state index in [9.17, 15) is 4.79 Å². The molecule has 1 aromatic rings. The highest BCUT2D eigenvalue weighted by Crippen LogP contribution is 2.47. The van der Waals surface area contributed by atoms with E-state index in [2.05, 4.69) is 11.4 Å². The van der Waals surface area contributed by atoms with Gasteiger partial charge in [0, 0.05) is 17.9 Å². The third kappa shape index (κ3) is 1.94. The molecule has 20 heavy (non-hydrogen) atoms. The number of fused-ring (bicyclic) bond motifs is 1. The van der Waals surface area contributed by atoms with Gasteiger partial charge in [0.15, 0.2) is 11.5 Å². The van der Waals surface area contributed by atoms with Gasteiger partial charge in [-0.2, -0.15) is 0 Å². The quantitative estimate of drug-likeness (QED) is 0.921. The van der Waals surface area contributed by atoms with Crippen molar-refractivity contribution in [3.05, 3.63) is 23.8 Å². The van der Waals surface area contributed by atoms with Gasteiger partial charge in [0.1, 0.15) is 0 Å². The molecule has 1 saturated heterocycles. The van der Waals surface area contributed by atoms with Crippen molar-refractivity contribution in [2.45, 2.75) is 43.6 Å². The van der Waals surface area contributed by atoms with Crippen molar-refractivity contribution in [2.24, 2.45) is 0 Å². The second kappa shape index (κ2) is 5.00. The number of ether oxygens (including phenoxy) is 2. The Bertz CT molecular complexity index is 528. The van der Waals surface area contributed by atoms with Crippen LogP contribution < -0.4 is 14.8 Å². The van der Waals surface area contributed by atoms with E-state index in [1.165, 1.54) is 18.4 Å². The van der Waals surface area contributed by atoms with Crippen LogP contribution >= 0.6 is 0 Å². The summed E-state index contributed by atoms with van der Waals surface area (Å²) in [5.41, 5.74) is 1.13. The van der Waals surface area contributed by atoms with Crippen LogP contribution in [-0.4, -0.2) is 26.2 Å². The van der Waals surface area contributed by atoms with Crippen molar-refractivity contribution in [2.75, 3.05) is 14.2 Å². The Kier molecular flexibility index (Phi) is 3.32. The first-order valence-electron chi connectivity index (χ1n) is 7.21. The van der Waals surface area contributed by atoms with Gasteiger partial charge in [-0.05, 0) is 30.5 Å². The van der Waals surface area contributed by atoms with Crippen LogP contribution in [0.2, 0.25) is 0 Å². The maximum absolute atomic E-state index is 11.9. The number of rotatable bonds is 3. The first-order valence-corrected chi connectivity index (χ1v) is 7.21. The predicted molar refractivity (Wildman–Crippen MR) is 76.2 cm³/mol. The summed E-state index contributed by atoms with van der Waals surface area (Å²) in [4.78, 5) is 11.9. The molecule has 2 aliphatic rings. The molecule has 1 heterocycles. The van der Waals surface area contributed by atoms with E-state index in [4.69, 9.17) is 9.47 Å². The largest absolute Gasteiger partial charge is 0.493 e. The topological polar surface area (TPSA) is 47.6 Å². The average Bonchev–Trinajstić information content (AvgIpc) is 2.83. The summed E-state index contributed by atoms with van der Waals surface area (Å²) in [5, 5.41) is 3.15. The average molecular weight is 275 g/mol. The van der Waals surface area contributed by atoms with Gasteiger partial charge in [-0.3, -0.25) is 4.79 Å². The van der Waals surface area contributed by atoms with Gasteiger partial charge in [0.05, 0.1) is 14.2 Å². The van der Waals surface area contributed by atoms with E-state index >= 15 is 0 Å². The molecule has 2 fully saturated rings. The third-order valence-corrected chi connectivity index (χ3v) is 4.80. The van der Waals surface area contributed by atoms with Gasteiger partial charge in [0.2, 0.25) is 5.91 Å². The summed E-state index contributed by atoms with van der Waals surface area (Å²) in [6.07, 6.45) is 5.10. The first kappa shape index (κ1) is 13.3. The van der Waals surface area contributed by atoms with Crippen molar-refractivity contribution in [3.63, 3.8) is 0 Å². The molecule has 2 atom stereocenters. The SMILES string of the molecule is COc1ccc([C@@]23CCCC[C@@H]2NC(=O)C3)cc1OC. The lowest BCUT2D eigenvalue weighted by Gasteiger charge is -2.38. The van der Waals surface area contributed by atoms with Crippen molar-refractivity contribution in [1.29, 1.82) is 0 Å². The molecule has 3 rings (SSSR count). The number of amides is 1. The van der Waals surface area contributed by atoms with Crippen molar-refractivity contribution >= 4 is 5.91 Å². The van der Waals surface area contributed by atoms with E-state index in [0.717, 1.165) is 24.3 Å². The normalized spacial score (nSPS) is 28.7. The minimum atomic E-state index is -0.0606. The molecule has 4 nitrogen and oxygen atoms in total. The third-order valence-electron chi connectivity index (χ3n) is 4.80. The molecule has 1 saturated carbocycles. The van der Waals surface area contributed by atoms with E-state index in [-0.39, 0.29) is 17.4 Å². The molecule has 0 spiro atoms. The maximum Gasteiger partial charge on any atom is 0.221 e. The number of carbonyl (C=O) groups excluding carboxylic acids is 1. The molecule has 4 heteroatoms. The lowest BCUT2D eigenvalue weighted by Crippen LogP contribution is -2.43. The summed E-state index contributed by atoms with van der Waals surface area (Å²) < 4.78 is 10.7. The fraction of sp³-hybridized carbons (Fsp3) is 0.562. The van der Waals surface area contributed by atoms with Gasteiger partial charge in [-0.25, -0.2) is 0 Å². The van der Waals surface area contributed by atoms with Crippen LogP contribution in [0.4, 0.5) is 0 Å². The van der Waals surface area contributed by atoms with Gasteiger partial charge < -0.3 is 14.8 Å². The van der Waals surface area contributed by atoms with Crippen LogP contribution in [0, 0.1) is 0 Å². The molecule has 1 aliphatic carbocycles. The zero-order chi connectivity index (χ0) is 14.2. The van der Waals surface area contributed by atoms with Crippen LogP contribution in [0.15, 0.2) is 18.2 Å². The number of nitrogens with one attached hydrogen (secondary N) is 1. The number of benzene rings is 1. The smallest absolute Gasteiger partial charge is 0.221 e. The zero-order valence-electron chi connectivity index (χ0n) is 12.1. The Hall–Kier alpha value is -1.71. The van der Waals surface area contributed by atoms with E-state index in [1.54, 1.807) is 14.2 Å². The second-order valence-electron chi connectivity index (χ2n) is 5.77. The van der Waals surface area contributed by atoms with Crippen LogP contribution in [0.5, 0.6) is 11.5 Å². The van der Waals surface area contributed by atoms with Crippen molar-refractivity contribution < 1.29 is 14.3 Å². The van der Waals surface area contributed by atoms with E-state index < -0.39 is 0 Å². The molecular weight excluding hydrogens is 254 g/mol. The monoisotopic (exact) mass is 275 g/mol. The van der Waals surface area contributed by atoms with Crippen LogP contribution in [-0.2, 0) is 10.2 Å². The molecular formula is C16H21NO3. The highest BCUT2D eigenvalue weighted by Gasteiger charge is 2.49. The summed E-state index contributed by atoms with van der Waals surface area (Å²) in [7, 11) is 3.29. The molecule has 0 radical (unpaired) electrons. The van der Waals surface area contributed by atoms with Gasteiger partial charge in [-0.15, -0.1) is 0 Å². The summed E-state index contributed by atoms with van der Waals surface area (Å²) in [5.74, 6) is 1.65. The van der Waals surface area contributed by atoms with Gasteiger partial charge >= 0.3 is 0 Å². The maximum atomic E-state index is 11.9. The second-order valence-corrected chi connectivity index (χ2v) is 5.77. The lowest BCUT2D eigenvalue weighted by molar-refractivity contribution is -0.119. The molecule has 1 amide bonds. The molecule has 1 aliphatic heterocycles. The Labute approximate surface area is 119 Å². The van der Waals surface area contributed by atoms with Crippen molar-refractivity contribution in [3.8, 4) is 11.5 Å². The Morgan fingerprint density at radius 2 is 2.00 bits per heavy atom. The molecule has 1 N–H and O–H groups in total. The highest BCUT2D eigenvalue weighted by molar-refractivity contribution is 5.81. The Morgan fingerprint density at radius 1 is 1.20 bits per heavy atom. The number of hydrogen-bond acceptors (Lipinski definition) is 3. The van der Waals surface area contributed by atoms with Gasteiger partial charge in [0.25, 0.3) is 0 Å². The zero-order valence-corrected chi connectivity index (χ0v) is 12.1. The molecule has 108 valence electrons. The number of hydrogen-bond donors (Lipinski definition) is 1. The summed E-state index contributed by atoms with van der Waals surface area (Å²) in [6, 6.07) is 6.33. The van der Waals surface area contributed by atoms with Crippen LogP contribution in [0.3, 0.4) is 0 Å². The summed E-state index contributed by atoms with van der Waals surface area (Å²) >= 11 is 0. The molecule has 0 bridgehead atoms. The first-order chi connectivity index (χ1) is 9.69. The number of carbonyl (C=O) groups is 1. The van der Waals surface area contributed by atoms with E-state index in [0.29, 0.717) is 6.42 Å². The van der Waals surface area contributed by atoms with Crippen molar-refractivity contribution in [1.82, 2.24) is 5.32 Å². The molecule has 1 aromatic carbocycles. The predicted octanol–water partition coefficient (Wildman–Crippen LogP) is 2.40. The summed E-state index contributed by atoms with van der Waals surface area (Å²) in [6.45, 7) is 0.